The number of amides is 1. The lowest BCUT2D eigenvalue weighted by atomic mass is 10.1. The molecule has 1 N–H and O–H groups in total. The zero-order valence-corrected chi connectivity index (χ0v) is 16.3. The third-order valence-corrected chi connectivity index (χ3v) is 4.45. The number of aromatic nitrogens is 1. The van der Waals surface area contributed by atoms with Crippen molar-refractivity contribution in [3.8, 4) is 0 Å². The molecule has 0 spiro atoms. The number of Topliss-reactive ketones (excluding diaryl/α,β-unsaturated/α-hetero) is 1. The average molecular weight is 373 g/mol. The Kier molecular flexibility index (Phi) is 5.84. The van der Waals surface area contributed by atoms with Gasteiger partial charge in [0.25, 0.3) is 5.91 Å². The van der Waals surface area contributed by atoms with Crippen molar-refractivity contribution in [1.29, 1.82) is 0 Å². The Morgan fingerprint density at radius 1 is 1.00 bits per heavy atom. The fourth-order valence-corrected chi connectivity index (χ4v) is 2.93. The number of hydrogen-bond donors (Lipinski definition) is 1. The van der Waals surface area contributed by atoms with Crippen LogP contribution < -0.4 is 10.2 Å². The van der Waals surface area contributed by atoms with E-state index in [2.05, 4.69) is 10.3 Å². The number of pyridine rings is 1. The van der Waals surface area contributed by atoms with Crippen molar-refractivity contribution in [1.82, 2.24) is 4.98 Å². The van der Waals surface area contributed by atoms with Gasteiger partial charge in [0, 0.05) is 29.7 Å². The van der Waals surface area contributed by atoms with Crippen molar-refractivity contribution in [2.45, 2.75) is 20.8 Å². The van der Waals surface area contributed by atoms with E-state index in [-0.39, 0.29) is 11.7 Å². The molecule has 3 aromatic rings. The molecule has 2 aromatic carbocycles. The van der Waals surface area contributed by atoms with Crippen LogP contribution in [0.15, 0.2) is 66.9 Å². The van der Waals surface area contributed by atoms with E-state index in [0.29, 0.717) is 23.5 Å². The van der Waals surface area contributed by atoms with Gasteiger partial charge in [0.15, 0.2) is 5.78 Å². The minimum atomic E-state index is -0.0852. The van der Waals surface area contributed by atoms with E-state index in [0.717, 1.165) is 16.9 Å². The SMILES string of the molecule is CCN(C(=O)c1ccc(Nc2ccc(C(C)=O)cc2)nc1)c1cccc(C)c1. The first-order valence-electron chi connectivity index (χ1n) is 9.20. The molecule has 0 fully saturated rings. The molecule has 0 aliphatic rings. The van der Waals surface area contributed by atoms with Gasteiger partial charge in [-0.2, -0.15) is 0 Å². The van der Waals surface area contributed by atoms with Crippen LogP contribution in [-0.2, 0) is 0 Å². The van der Waals surface area contributed by atoms with Gasteiger partial charge in [-0.3, -0.25) is 9.59 Å². The Bertz CT molecular complexity index is 979. The van der Waals surface area contributed by atoms with Gasteiger partial charge in [-0.05, 0) is 74.9 Å². The minimum absolute atomic E-state index is 0.0293. The van der Waals surface area contributed by atoms with Crippen LogP contribution in [0.3, 0.4) is 0 Å². The van der Waals surface area contributed by atoms with E-state index >= 15 is 0 Å². The highest BCUT2D eigenvalue weighted by Gasteiger charge is 2.16. The third-order valence-electron chi connectivity index (χ3n) is 4.45. The average Bonchev–Trinajstić information content (AvgIpc) is 2.69. The zero-order chi connectivity index (χ0) is 20.1. The zero-order valence-electron chi connectivity index (χ0n) is 16.3. The van der Waals surface area contributed by atoms with Crippen LogP contribution in [0.1, 0.15) is 40.1 Å². The maximum Gasteiger partial charge on any atom is 0.259 e. The molecule has 1 aromatic heterocycles. The monoisotopic (exact) mass is 373 g/mol. The molecule has 0 saturated carbocycles. The lowest BCUT2D eigenvalue weighted by Crippen LogP contribution is -2.30. The number of carbonyl (C=O) groups excluding carboxylic acids is 2. The van der Waals surface area contributed by atoms with Crippen LogP contribution in [-0.4, -0.2) is 23.2 Å². The third kappa shape index (κ3) is 4.43. The van der Waals surface area contributed by atoms with Crippen LogP contribution in [0.4, 0.5) is 17.2 Å². The summed E-state index contributed by atoms with van der Waals surface area (Å²) >= 11 is 0. The van der Waals surface area contributed by atoms with Gasteiger partial charge in [-0.1, -0.05) is 12.1 Å². The van der Waals surface area contributed by atoms with Gasteiger partial charge in [0.05, 0.1) is 5.56 Å². The quantitative estimate of drug-likeness (QED) is 0.618. The van der Waals surface area contributed by atoms with Gasteiger partial charge < -0.3 is 10.2 Å². The number of anilines is 3. The molecule has 0 aliphatic carbocycles. The molecule has 3 rings (SSSR count). The molecule has 0 unspecified atom stereocenters. The topological polar surface area (TPSA) is 62.3 Å². The number of rotatable bonds is 6. The van der Waals surface area contributed by atoms with E-state index in [1.165, 1.54) is 6.92 Å². The Morgan fingerprint density at radius 2 is 1.71 bits per heavy atom. The number of nitrogens with one attached hydrogen (secondary N) is 1. The molecule has 5 nitrogen and oxygen atoms in total. The second-order valence-electron chi connectivity index (χ2n) is 6.58. The smallest absolute Gasteiger partial charge is 0.259 e. The molecule has 0 radical (unpaired) electrons. The minimum Gasteiger partial charge on any atom is -0.340 e. The highest BCUT2D eigenvalue weighted by atomic mass is 16.2. The van der Waals surface area contributed by atoms with Crippen molar-refractivity contribution in [2.24, 2.45) is 0 Å². The maximum absolute atomic E-state index is 12.9. The number of carbonyl (C=O) groups is 2. The molecule has 0 aliphatic heterocycles. The van der Waals surface area contributed by atoms with Crippen LogP contribution in [0.2, 0.25) is 0 Å². The van der Waals surface area contributed by atoms with Crippen molar-refractivity contribution in [2.75, 3.05) is 16.8 Å². The Morgan fingerprint density at radius 3 is 2.29 bits per heavy atom. The predicted octanol–water partition coefficient (Wildman–Crippen LogP) is 5.00. The van der Waals surface area contributed by atoms with E-state index in [4.69, 9.17) is 0 Å². The summed E-state index contributed by atoms with van der Waals surface area (Å²) in [6, 6.07) is 18.6. The molecule has 142 valence electrons. The second kappa shape index (κ2) is 8.48. The van der Waals surface area contributed by atoms with E-state index in [9.17, 15) is 9.59 Å². The standard InChI is InChI=1S/C23H23N3O2/c1-4-26(21-7-5-6-16(2)14-21)23(28)19-10-13-22(24-15-19)25-20-11-8-18(9-12-20)17(3)27/h5-15H,4H2,1-3H3,(H,24,25). The molecule has 0 atom stereocenters. The Labute approximate surface area is 165 Å². The maximum atomic E-state index is 12.9. The lowest BCUT2D eigenvalue weighted by molar-refractivity contribution is 0.0985. The van der Waals surface area contributed by atoms with Crippen molar-refractivity contribution >= 4 is 28.9 Å². The van der Waals surface area contributed by atoms with Gasteiger partial charge >= 0.3 is 0 Å². The first kappa shape index (κ1) is 19.3. The predicted molar refractivity (Wildman–Crippen MR) is 112 cm³/mol. The molecule has 1 amide bonds. The molecule has 1 heterocycles. The summed E-state index contributed by atoms with van der Waals surface area (Å²) in [4.78, 5) is 30.3. The molecule has 5 heteroatoms. The Hall–Kier alpha value is -3.47. The molecule has 0 saturated heterocycles. The number of ketones is 1. The van der Waals surface area contributed by atoms with Crippen LogP contribution >= 0.6 is 0 Å². The summed E-state index contributed by atoms with van der Waals surface area (Å²) in [5.41, 5.74) is 4.00. The fraction of sp³-hybridized carbons (Fsp3) is 0.174. The molecular formula is C23H23N3O2. The van der Waals surface area contributed by atoms with Gasteiger partial charge in [-0.25, -0.2) is 4.98 Å². The lowest BCUT2D eigenvalue weighted by Gasteiger charge is -2.21. The highest BCUT2D eigenvalue weighted by Crippen LogP contribution is 2.20. The van der Waals surface area contributed by atoms with E-state index in [1.54, 1.807) is 35.4 Å². The largest absolute Gasteiger partial charge is 0.340 e. The number of hydrogen-bond acceptors (Lipinski definition) is 4. The van der Waals surface area contributed by atoms with Crippen LogP contribution in [0, 0.1) is 6.92 Å². The van der Waals surface area contributed by atoms with Crippen LogP contribution in [0.25, 0.3) is 0 Å². The van der Waals surface area contributed by atoms with Gasteiger partial charge in [0.2, 0.25) is 0 Å². The second-order valence-corrected chi connectivity index (χ2v) is 6.58. The summed E-state index contributed by atoms with van der Waals surface area (Å²) in [6.45, 7) is 6.07. The number of nitrogens with zero attached hydrogens (tertiary/aromatic N) is 2. The van der Waals surface area contributed by atoms with Gasteiger partial charge in [-0.15, -0.1) is 0 Å². The normalized spacial score (nSPS) is 10.4. The van der Waals surface area contributed by atoms with E-state index < -0.39 is 0 Å². The first-order valence-corrected chi connectivity index (χ1v) is 9.20. The highest BCUT2D eigenvalue weighted by molar-refractivity contribution is 6.06. The summed E-state index contributed by atoms with van der Waals surface area (Å²) < 4.78 is 0. The fourth-order valence-electron chi connectivity index (χ4n) is 2.93. The number of aryl methyl sites for hydroxylation is 1. The van der Waals surface area contributed by atoms with Crippen molar-refractivity contribution in [3.63, 3.8) is 0 Å². The summed E-state index contributed by atoms with van der Waals surface area (Å²) in [7, 11) is 0. The summed E-state index contributed by atoms with van der Waals surface area (Å²) in [5, 5.41) is 3.17. The van der Waals surface area contributed by atoms with Crippen LogP contribution in [0.5, 0.6) is 0 Å². The number of benzene rings is 2. The molecular weight excluding hydrogens is 350 g/mol. The molecule has 0 bridgehead atoms. The molecule has 28 heavy (non-hydrogen) atoms. The first-order chi connectivity index (χ1) is 13.5. The van der Waals surface area contributed by atoms with Crippen molar-refractivity contribution < 1.29 is 9.59 Å². The van der Waals surface area contributed by atoms with E-state index in [1.807, 2.05) is 50.2 Å². The van der Waals surface area contributed by atoms with Crippen molar-refractivity contribution in [3.05, 3.63) is 83.6 Å². The summed E-state index contributed by atoms with van der Waals surface area (Å²) in [5.74, 6) is 0.574. The Balaban J connectivity index is 1.74. The van der Waals surface area contributed by atoms with Gasteiger partial charge in [0.1, 0.15) is 5.82 Å². The summed E-state index contributed by atoms with van der Waals surface area (Å²) in [6.07, 6.45) is 1.58.